The third-order valence-electron chi connectivity index (χ3n) is 3.34. The van der Waals surface area contributed by atoms with E-state index >= 15 is 0 Å². The third kappa shape index (κ3) is 2.77. The first-order valence-electron chi connectivity index (χ1n) is 6.14. The molecule has 0 aliphatic carbocycles. The van der Waals surface area contributed by atoms with Crippen LogP contribution in [0.5, 0.6) is 0 Å². The Morgan fingerprint density at radius 3 is 2.50 bits per heavy atom. The molecule has 0 aliphatic rings. The zero-order chi connectivity index (χ0) is 13.1. The van der Waals surface area contributed by atoms with Gasteiger partial charge in [0.25, 0.3) is 0 Å². The Kier molecular flexibility index (Phi) is 3.78. The van der Waals surface area contributed by atoms with Gasteiger partial charge in [-0.05, 0) is 54.7 Å². The van der Waals surface area contributed by atoms with Crippen LogP contribution in [0.25, 0.3) is 0 Å². The second-order valence-electron chi connectivity index (χ2n) is 4.74. The largest absolute Gasteiger partial charge is 0.324 e. The molecule has 0 spiro atoms. The average molecular weight is 243 g/mol. The highest BCUT2D eigenvalue weighted by molar-refractivity contribution is 5.33. The molecule has 0 heterocycles. The number of nitrogens with two attached hydrogens (primary N) is 1. The molecule has 0 saturated carbocycles. The molecule has 2 aromatic rings. The predicted octanol–water partition coefficient (Wildman–Crippen LogP) is 3.69. The smallest absolute Gasteiger partial charge is 0.123 e. The van der Waals surface area contributed by atoms with Crippen LogP contribution >= 0.6 is 0 Å². The Morgan fingerprint density at radius 2 is 1.78 bits per heavy atom. The van der Waals surface area contributed by atoms with Gasteiger partial charge in [0.05, 0.1) is 0 Å². The third-order valence-corrected chi connectivity index (χ3v) is 3.34. The maximum absolute atomic E-state index is 13.2. The fourth-order valence-electron chi connectivity index (χ4n) is 2.21. The maximum Gasteiger partial charge on any atom is 0.123 e. The van der Waals surface area contributed by atoms with Crippen LogP contribution in [0, 0.1) is 19.7 Å². The summed E-state index contributed by atoms with van der Waals surface area (Å²) in [5.74, 6) is -0.201. The van der Waals surface area contributed by atoms with E-state index in [1.54, 1.807) is 12.1 Å². The Balaban J connectivity index is 2.24. The summed E-state index contributed by atoms with van der Waals surface area (Å²) in [5.41, 5.74) is 10.6. The summed E-state index contributed by atoms with van der Waals surface area (Å²) in [6.07, 6.45) is 0.661. The fourth-order valence-corrected chi connectivity index (χ4v) is 2.21. The molecular formula is C16H18FN. The number of hydrogen-bond acceptors (Lipinski definition) is 1. The van der Waals surface area contributed by atoms with Crippen molar-refractivity contribution in [2.75, 3.05) is 0 Å². The second-order valence-corrected chi connectivity index (χ2v) is 4.74. The lowest BCUT2D eigenvalue weighted by atomic mass is 9.94. The van der Waals surface area contributed by atoms with Crippen molar-refractivity contribution in [1.29, 1.82) is 0 Å². The Hall–Kier alpha value is -1.67. The Labute approximate surface area is 107 Å². The molecule has 0 aromatic heterocycles. The molecule has 0 fully saturated rings. The minimum Gasteiger partial charge on any atom is -0.324 e. The molecule has 94 valence electrons. The number of hydrogen-bond donors (Lipinski definition) is 1. The van der Waals surface area contributed by atoms with Crippen LogP contribution in [-0.2, 0) is 6.42 Å². The topological polar surface area (TPSA) is 26.0 Å². The lowest BCUT2D eigenvalue weighted by molar-refractivity contribution is 0.620. The molecule has 2 heteroatoms. The van der Waals surface area contributed by atoms with Gasteiger partial charge in [0.1, 0.15) is 5.82 Å². The van der Waals surface area contributed by atoms with Crippen molar-refractivity contribution in [2.45, 2.75) is 26.3 Å². The van der Waals surface area contributed by atoms with Crippen molar-refractivity contribution in [2.24, 2.45) is 5.73 Å². The molecule has 1 nitrogen and oxygen atoms in total. The van der Waals surface area contributed by atoms with Gasteiger partial charge < -0.3 is 5.73 Å². The molecule has 1 unspecified atom stereocenters. The number of rotatable bonds is 3. The van der Waals surface area contributed by atoms with E-state index in [9.17, 15) is 4.39 Å². The van der Waals surface area contributed by atoms with E-state index in [1.807, 2.05) is 38.1 Å². The average Bonchev–Trinajstić information content (AvgIpc) is 2.34. The lowest BCUT2D eigenvalue weighted by Gasteiger charge is -2.16. The summed E-state index contributed by atoms with van der Waals surface area (Å²) in [6, 6.07) is 12.8. The van der Waals surface area contributed by atoms with Crippen molar-refractivity contribution in [1.82, 2.24) is 0 Å². The minimum atomic E-state index is -0.201. The van der Waals surface area contributed by atoms with Crippen molar-refractivity contribution < 1.29 is 4.39 Å². The molecule has 0 saturated heterocycles. The van der Waals surface area contributed by atoms with Crippen molar-refractivity contribution in [3.05, 3.63) is 70.5 Å². The first-order chi connectivity index (χ1) is 8.58. The predicted molar refractivity (Wildman–Crippen MR) is 72.9 cm³/mol. The van der Waals surface area contributed by atoms with Crippen molar-refractivity contribution in [3.63, 3.8) is 0 Å². The molecule has 2 aromatic carbocycles. The second kappa shape index (κ2) is 5.32. The van der Waals surface area contributed by atoms with E-state index in [4.69, 9.17) is 5.73 Å². The standard InChI is InChI=1S/C16H18FN/c1-11-7-8-14(17)9-13(11)10-16(18)15-6-4-3-5-12(15)2/h3-9,16H,10,18H2,1-2H3. The van der Waals surface area contributed by atoms with E-state index in [2.05, 4.69) is 0 Å². The lowest BCUT2D eigenvalue weighted by Crippen LogP contribution is -2.15. The van der Waals surface area contributed by atoms with E-state index < -0.39 is 0 Å². The van der Waals surface area contributed by atoms with E-state index in [-0.39, 0.29) is 11.9 Å². The zero-order valence-corrected chi connectivity index (χ0v) is 10.8. The number of benzene rings is 2. The van der Waals surface area contributed by atoms with Gasteiger partial charge in [0.15, 0.2) is 0 Å². The van der Waals surface area contributed by atoms with Gasteiger partial charge in [-0.2, -0.15) is 0 Å². The first-order valence-corrected chi connectivity index (χ1v) is 6.14. The van der Waals surface area contributed by atoms with Gasteiger partial charge >= 0.3 is 0 Å². The summed E-state index contributed by atoms with van der Waals surface area (Å²) < 4.78 is 13.2. The van der Waals surface area contributed by atoms with E-state index in [0.29, 0.717) is 6.42 Å². The van der Waals surface area contributed by atoms with Crippen LogP contribution in [0.3, 0.4) is 0 Å². The first kappa shape index (κ1) is 12.8. The maximum atomic E-state index is 13.2. The summed E-state index contributed by atoms with van der Waals surface area (Å²) in [6.45, 7) is 4.03. The van der Waals surface area contributed by atoms with Gasteiger partial charge in [0.2, 0.25) is 0 Å². The van der Waals surface area contributed by atoms with Crippen LogP contribution in [0.2, 0.25) is 0 Å². The normalized spacial score (nSPS) is 12.4. The monoisotopic (exact) mass is 243 g/mol. The van der Waals surface area contributed by atoms with Crippen LogP contribution in [0.1, 0.15) is 28.3 Å². The van der Waals surface area contributed by atoms with E-state index in [1.165, 1.54) is 11.6 Å². The Morgan fingerprint density at radius 1 is 1.06 bits per heavy atom. The molecular weight excluding hydrogens is 225 g/mol. The molecule has 0 radical (unpaired) electrons. The molecule has 2 N–H and O–H groups in total. The highest BCUT2D eigenvalue weighted by atomic mass is 19.1. The van der Waals surface area contributed by atoms with Crippen molar-refractivity contribution >= 4 is 0 Å². The summed E-state index contributed by atoms with van der Waals surface area (Å²) in [4.78, 5) is 0. The number of aryl methyl sites for hydroxylation is 2. The quantitative estimate of drug-likeness (QED) is 0.874. The van der Waals surface area contributed by atoms with Crippen LogP contribution in [0.15, 0.2) is 42.5 Å². The molecule has 0 aliphatic heterocycles. The molecule has 2 rings (SSSR count). The fraction of sp³-hybridized carbons (Fsp3) is 0.250. The summed E-state index contributed by atoms with van der Waals surface area (Å²) >= 11 is 0. The summed E-state index contributed by atoms with van der Waals surface area (Å²) in [7, 11) is 0. The van der Waals surface area contributed by atoms with Gasteiger partial charge in [-0.15, -0.1) is 0 Å². The van der Waals surface area contributed by atoms with Crippen molar-refractivity contribution in [3.8, 4) is 0 Å². The summed E-state index contributed by atoms with van der Waals surface area (Å²) in [5, 5.41) is 0. The highest BCUT2D eigenvalue weighted by Crippen LogP contribution is 2.21. The zero-order valence-electron chi connectivity index (χ0n) is 10.8. The van der Waals surface area contributed by atoms with E-state index in [0.717, 1.165) is 16.7 Å². The van der Waals surface area contributed by atoms with Crippen LogP contribution in [0.4, 0.5) is 4.39 Å². The van der Waals surface area contributed by atoms with Gasteiger partial charge in [-0.3, -0.25) is 0 Å². The highest BCUT2D eigenvalue weighted by Gasteiger charge is 2.11. The van der Waals surface area contributed by atoms with Gasteiger partial charge in [-0.25, -0.2) is 4.39 Å². The van der Waals surface area contributed by atoms with Gasteiger partial charge in [0, 0.05) is 6.04 Å². The van der Waals surface area contributed by atoms with Gasteiger partial charge in [-0.1, -0.05) is 30.3 Å². The SMILES string of the molecule is Cc1ccc(F)cc1CC(N)c1ccccc1C. The molecule has 0 bridgehead atoms. The molecule has 0 amide bonds. The Bertz CT molecular complexity index is 549. The van der Waals surface area contributed by atoms with Crippen LogP contribution in [-0.4, -0.2) is 0 Å². The molecule has 18 heavy (non-hydrogen) atoms. The minimum absolute atomic E-state index is 0.0910. The number of halogens is 1. The van der Waals surface area contributed by atoms with Crippen LogP contribution < -0.4 is 5.73 Å². The molecule has 1 atom stereocenters.